The van der Waals surface area contributed by atoms with Crippen LogP contribution in [0.25, 0.3) is 0 Å². The minimum atomic E-state index is 0.688. The average Bonchev–Trinajstić information content (AvgIpc) is 3.23. The summed E-state index contributed by atoms with van der Waals surface area (Å²) in [4.78, 5) is 0. The molecule has 0 atom stereocenters. The fraction of sp³-hybridized carbons (Fsp3) is 0.571. The lowest BCUT2D eigenvalue weighted by molar-refractivity contribution is 0.117. The Morgan fingerprint density at radius 3 is 2.04 bits per heavy atom. The van der Waals surface area contributed by atoms with Crippen LogP contribution in [-0.2, 0) is 11.2 Å². The first-order valence-electron chi connectivity index (χ1n) is 9.60. The number of hydrogen-bond donors (Lipinski definition) is 0. The summed E-state index contributed by atoms with van der Waals surface area (Å²) in [6, 6.07) is 11.7. The van der Waals surface area contributed by atoms with E-state index >= 15 is 0 Å². The maximum absolute atomic E-state index is 5.57. The van der Waals surface area contributed by atoms with E-state index in [2.05, 4.69) is 5.16 Å². The van der Waals surface area contributed by atoms with Crippen LogP contribution in [0.5, 0.6) is 5.75 Å². The van der Waals surface area contributed by atoms with Crippen LogP contribution in [0.3, 0.4) is 0 Å². The van der Waals surface area contributed by atoms with Gasteiger partial charge in [-0.3, -0.25) is 0 Å². The van der Waals surface area contributed by atoms with E-state index in [1.165, 1.54) is 0 Å². The topological polar surface area (TPSA) is 44.5 Å². The van der Waals surface area contributed by atoms with Gasteiger partial charge in [0, 0.05) is 25.7 Å². The lowest BCUT2D eigenvalue weighted by Crippen LogP contribution is -2.04. The fourth-order valence-corrected chi connectivity index (χ4v) is 1.69. The molecule has 25 heavy (non-hydrogen) atoms. The van der Waals surface area contributed by atoms with Gasteiger partial charge >= 0.3 is 0 Å². The van der Waals surface area contributed by atoms with Gasteiger partial charge in [-0.25, -0.2) is 0 Å². The SMILES string of the molecule is CC.CC.CC.c1ccc(OCCCOCCCc2ccon2)cc1. The van der Waals surface area contributed by atoms with Crippen molar-refractivity contribution in [2.24, 2.45) is 0 Å². The van der Waals surface area contributed by atoms with Gasteiger partial charge in [-0.2, -0.15) is 0 Å². The Hall–Kier alpha value is -1.81. The lowest BCUT2D eigenvalue weighted by atomic mass is 10.2. The van der Waals surface area contributed by atoms with Crippen molar-refractivity contribution < 1.29 is 14.0 Å². The van der Waals surface area contributed by atoms with E-state index < -0.39 is 0 Å². The Kier molecular flexibility index (Phi) is 22.6. The maximum atomic E-state index is 5.57. The van der Waals surface area contributed by atoms with Crippen LogP contribution in [0.2, 0.25) is 0 Å². The van der Waals surface area contributed by atoms with Gasteiger partial charge in [0.25, 0.3) is 0 Å². The van der Waals surface area contributed by atoms with Crippen LogP contribution >= 0.6 is 0 Å². The Balaban J connectivity index is 0. The summed E-state index contributed by atoms with van der Waals surface area (Å²) in [7, 11) is 0. The second-order valence-electron chi connectivity index (χ2n) is 4.22. The van der Waals surface area contributed by atoms with Crippen LogP contribution in [0.15, 0.2) is 47.2 Å². The standard InChI is InChI=1S/C15H19NO3.3C2H6/c1-2-7-15(8-3-1)18-12-5-11-17-10-4-6-14-9-13-19-16-14;3*1-2/h1-3,7-9,13H,4-6,10-12H2;3*1-2H3. The first-order valence-corrected chi connectivity index (χ1v) is 9.60. The molecule has 4 heteroatoms. The molecule has 0 radical (unpaired) electrons. The maximum Gasteiger partial charge on any atom is 0.124 e. The Bertz CT molecular complexity index is 430. The van der Waals surface area contributed by atoms with Gasteiger partial charge in [0.05, 0.1) is 12.3 Å². The van der Waals surface area contributed by atoms with Gasteiger partial charge in [0.2, 0.25) is 0 Å². The molecule has 1 aromatic heterocycles. The number of nitrogens with zero attached hydrogens (tertiary/aromatic N) is 1. The molecule has 1 aromatic carbocycles. The van der Waals surface area contributed by atoms with Gasteiger partial charge in [-0.1, -0.05) is 64.9 Å². The third kappa shape index (κ3) is 15.5. The van der Waals surface area contributed by atoms with Gasteiger partial charge in [0.15, 0.2) is 0 Å². The number of aryl methyl sites for hydroxylation is 1. The van der Waals surface area contributed by atoms with Crippen molar-refractivity contribution >= 4 is 0 Å². The van der Waals surface area contributed by atoms with Crippen LogP contribution < -0.4 is 4.74 Å². The molecule has 0 saturated heterocycles. The van der Waals surface area contributed by atoms with Gasteiger partial charge in [-0.15, -0.1) is 0 Å². The van der Waals surface area contributed by atoms with Gasteiger partial charge in [0.1, 0.15) is 12.0 Å². The molecule has 0 N–H and O–H groups in total. The predicted molar refractivity (Wildman–Crippen MR) is 106 cm³/mol. The van der Waals surface area contributed by atoms with Crippen LogP contribution in [0, 0.1) is 0 Å². The minimum absolute atomic E-state index is 0.688. The van der Waals surface area contributed by atoms with Crippen molar-refractivity contribution in [3.05, 3.63) is 48.4 Å². The molecule has 0 bridgehead atoms. The van der Waals surface area contributed by atoms with Crippen molar-refractivity contribution in [2.75, 3.05) is 19.8 Å². The molecule has 0 aliphatic rings. The second-order valence-corrected chi connectivity index (χ2v) is 4.22. The quantitative estimate of drug-likeness (QED) is 0.507. The molecule has 0 saturated carbocycles. The summed E-state index contributed by atoms with van der Waals surface area (Å²) in [5, 5.41) is 3.85. The van der Waals surface area contributed by atoms with E-state index in [1.807, 2.05) is 77.9 Å². The summed E-state index contributed by atoms with van der Waals surface area (Å²) < 4.78 is 15.9. The lowest BCUT2D eigenvalue weighted by Gasteiger charge is -2.06. The highest BCUT2D eigenvalue weighted by molar-refractivity contribution is 5.20. The molecule has 2 aromatic rings. The van der Waals surface area contributed by atoms with Crippen molar-refractivity contribution in [1.29, 1.82) is 0 Å². The normalized spacial score (nSPS) is 8.72. The van der Waals surface area contributed by atoms with Crippen LogP contribution in [0.1, 0.15) is 60.1 Å². The summed E-state index contributed by atoms with van der Waals surface area (Å²) in [5.74, 6) is 0.911. The summed E-state index contributed by atoms with van der Waals surface area (Å²) in [5.41, 5.74) is 0.982. The monoisotopic (exact) mass is 351 g/mol. The number of rotatable bonds is 9. The van der Waals surface area contributed by atoms with E-state index in [0.717, 1.165) is 43.9 Å². The molecule has 0 amide bonds. The molecule has 144 valence electrons. The number of para-hydroxylation sites is 1. The van der Waals surface area contributed by atoms with Crippen molar-refractivity contribution in [3.8, 4) is 5.75 Å². The Morgan fingerprint density at radius 1 is 0.800 bits per heavy atom. The second kappa shape index (κ2) is 22.2. The van der Waals surface area contributed by atoms with E-state index in [1.54, 1.807) is 6.26 Å². The van der Waals surface area contributed by atoms with Gasteiger partial charge in [-0.05, 0) is 25.0 Å². The zero-order valence-electron chi connectivity index (χ0n) is 17.0. The number of aromatic nitrogens is 1. The number of ether oxygens (including phenoxy) is 2. The third-order valence-electron chi connectivity index (χ3n) is 2.66. The zero-order valence-corrected chi connectivity index (χ0v) is 17.0. The molecule has 0 unspecified atom stereocenters. The average molecular weight is 352 g/mol. The zero-order chi connectivity index (χ0) is 19.2. The predicted octanol–water partition coefficient (Wildman–Crippen LogP) is 6.17. The molecule has 0 aliphatic carbocycles. The van der Waals surface area contributed by atoms with Crippen molar-refractivity contribution in [1.82, 2.24) is 5.16 Å². The summed E-state index contributed by atoms with van der Waals surface area (Å²) in [6.45, 7) is 14.2. The van der Waals surface area contributed by atoms with Gasteiger partial charge < -0.3 is 14.0 Å². The molecule has 0 spiro atoms. The number of hydrogen-bond acceptors (Lipinski definition) is 4. The minimum Gasteiger partial charge on any atom is -0.494 e. The molecule has 0 aliphatic heterocycles. The number of benzene rings is 1. The highest BCUT2D eigenvalue weighted by Gasteiger charge is 1.97. The molecular weight excluding hydrogens is 314 g/mol. The largest absolute Gasteiger partial charge is 0.494 e. The highest BCUT2D eigenvalue weighted by atomic mass is 16.5. The first kappa shape index (κ1) is 25.4. The van der Waals surface area contributed by atoms with E-state index in [9.17, 15) is 0 Å². The van der Waals surface area contributed by atoms with Crippen LogP contribution in [0.4, 0.5) is 0 Å². The first-order chi connectivity index (χ1) is 12.4. The summed E-state index contributed by atoms with van der Waals surface area (Å²) >= 11 is 0. The molecule has 2 rings (SSSR count). The fourth-order valence-electron chi connectivity index (χ4n) is 1.69. The molecule has 0 fully saturated rings. The van der Waals surface area contributed by atoms with Crippen molar-refractivity contribution in [2.45, 2.75) is 60.8 Å². The van der Waals surface area contributed by atoms with Crippen molar-refractivity contribution in [3.63, 3.8) is 0 Å². The molecular formula is C21H37NO3. The molecule has 4 nitrogen and oxygen atoms in total. The third-order valence-corrected chi connectivity index (χ3v) is 2.66. The van der Waals surface area contributed by atoms with Crippen LogP contribution in [-0.4, -0.2) is 25.0 Å². The van der Waals surface area contributed by atoms with E-state index in [0.29, 0.717) is 6.61 Å². The Morgan fingerprint density at radius 2 is 1.44 bits per heavy atom. The summed E-state index contributed by atoms with van der Waals surface area (Å²) in [6.07, 6.45) is 4.36. The smallest absolute Gasteiger partial charge is 0.124 e. The molecule has 1 heterocycles. The van der Waals surface area contributed by atoms with E-state index in [-0.39, 0.29) is 0 Å². The highest BCUT2D eigenvalue weighted by Crippen LogP contribution is 2.08. The Labute approximate surface area is 154 Å². The van der Waals surface area contributed by atoms with E-state index in [4.69, 9.17) is 14.0 Å².